The van der Waals surface area contributed by atoms with Gasteiger partial charge in [0.2, 0.25) is 9.84 Å². The third-order valence-corrected chi connectivity index (χ3v) is 5.33. The summed E-state index contributed by atoms with van der Waals surface area (Å²) in [7, 11) is -3.97. The molecule has 0 unspecified atom stereocenters. The van der Waals surface area contributed by atoms with E-state index in [2.05, 4.69) is 6.58 Å². The number of sulfone groups is 1. The number of pyridine rings is 1. The van der Waals surface area contributed by atoms with Crippen LogP contribution in [0.3, 0.4) is 0 Å². The van der Waals surface area contributed by atoms with Crippen LogP contribution in [-0.4, -0.2) is 23.9 Å². The first-order valence-corrected chi connectivity index (χ1v) is 8.26. The summed E-state index contributed by atoms with van der Waals surface area (Å²) in [6, 6.07) is 2.54. The fourth-order valence-electron chi connectivity index (χ4n) is 2.50. The molecule has 7 heteroatoms. The summed E-state index contributed by atoms with van der Waals surface area (Å²) < 4.78 is 40.2. The molecule has 0 saturated heterocycles. The van der Waals surface area contributed by atoms with Crippen molar-refractivity contribution in [3.63, 3.8) is 0 Å². The first-order valence-electron chi connectivity index (χ1n) is 6.77. The van der Waals surface area contributed by atoms with Crippen LogP contribution in [0, 0.1) is 12.7 Å². The molecule has 23 heavy (non-hydrogen) atoms. The van der Waals surface area contributed by atoms with Crippen LogP contribution in [0.2, 0.25) is 0 Å². The van der Waals surface area contributed by atoms with Crippen molar-refractivity contribution in [2.45, 2.75) is 25.3 Å². The second-order valence-electron chi connectivity index (χ2n) is 5.05. The number of carboxylic acid groups (broad SMARTS) is 1. The zero-order valence-electron chi connectivity index (χ0n) is 12.7. The van der Waals surface area contributed by atoms with Crippen LogP contribution < -0.4 is 0 Å². The zero-order chi connectivity index (χ0) is 17.4. The fourth-order valence-corrected chi connectivity index (χ4v) is 4.00. The topological polar surface area (TPSA) is 75.8 Å². The van der Waals surface area contributed by atoms with Crippen LogP contribution in [0.25, 0.3) is 5.52 Å². The van der Waals surface area contributed by atoms with E-state index < -0.39 is 21.6 Å². The largest absolute Gasteiger partial charge is 0.481 e. The second-order valence-corrected chi connectivity index (χ2v) is 6.97. The maximum atomic E-state index is 13.6. The highest BCUT2D eigenvalue weighted by Crippen LogP contribution is 2.31. The molecule has 0 radical (unpaired) electrons. The van der Waals surface area contributed by atoms with Crippen LogP contribution in [0.1, 0.15) is 18.1 Å². The Kier molecular flexibility index (Phi) is 4.42. The molecule has 2 aromatic heterocycles. The minimum absolute atomic E-state index is 0.145. The molecule has 2 heterocycles. The van der Waals surface area contributed by atoms with Gasteiger partial charge in [-0.3, -0.25) is 4.79 Å². The molecule has 0 saturated carbocycles. The highest BCUT2D eigenvalue weighted by molar-refractivity contribution is 7.95. The Morgan fingerprint density at radius 2 is 2.09 bits per heavy atom. The van der Waals surface area contributed by atoms with Crippen molar-refractivity contribution in [2.75, 3.05) is 0 Å². The maximum absolute atomic E-state index is 13.6. The minimum Gasteiger partial charge on any atom is -0.481 e. The van der Waals surface area contributed by atoms with Crippen molar-refractivity contribution in [3.8, 4) is 0 Å². The molecule has 0 fully saturated rings. The van der Waals surface area contributed by atoms with E-state index in [-0.39, 0.29) is 21.9 Å². The van der Waals surface area contributed by atoms with E-state index in [1.54, 1.807) is 6.92 Å². The molecule has 0 aliphatic rings. The Morgan fingerprint density at radius 3 is 2.65 bits per heavy atom. The summed E-state index contributed by atoms with van der Waals surface area (Å²) in [5.74, 6) is -1.72. The number of carboxylic acids is 1. The van der Waals surface area contributed by atoms with Crippen molar-refractivity contribution in [2.24, 2.45) is 0 Å². The van der Waals surface area contributed by atoms with E-state index in [0.717, 1.165) is 12.3 Å². The normalized spacial score (nSPS) is 12.1. The third-order valence-electron chi connectivity index (χ3n) is 3.49. The smallest absolute Gasteiger partial charge is 0.307 e. The average Bonchev–Trinajstić information content (AvgIpc) is 2.71. The predicted molar refractivity (Wildman–Crippen MR) is 84.6 cm³/mol. The number of rotatable bonds is 5. The van der Waals surface area contributed by atoms with Gasteiger partial charge >= 0.3 is 5.97 Å². The number of fused-ring (bicyclic) bond motifs is 1. The summed E-state index contributed by atoms with van der Waals surface area (Å²) in [6.45, 7) is 6.70. The Morgan fingerprint density at radius 1 is 1.43 bits per heavy atom. The minimum atomic E-state index is -3.97. The summed E-state index contributed by atoms with van der Waals surface area (Å²) in [6.07, 6.45) is 3.55. The van der Waals surface area contributed by atoms with E-state index in [1.807, 2.05) is 0 Å². The fraction of sp³-hybridized carbons (Fsp3) is 0.188. The summed E-state index contributed by atoms with van der Waals surface area (Å²) in [5.41, 5.74) is 0.964. The molecule has 0 atom stereocenters. The van der Waals surface area contributed by atoms with Crippen molar-refractivity contribution >= 4 is 21.3 Å². The summed E-state index contributed by atoms with van der Waals surface area (Å²) in [4.78, 5) is 10.9. The summed E-state index contributed by atoms with van der Waals surface area (Å²) >= 11 is 0. The van der Waals surface area contributed by atoms with Crippen LogP contribution in [-0.2, 0) is 21.1 Å². The van der Waals surface area contributed by atoms with E-state index in [4.69, 9.17) is 5.11 Å². The summed E-state index contributed by atoms with van der Waals surface area (Å²) in [5, 5.41) is 8.89. The third kappa shape index (κ3) is 2.92. The highest BCUT2D eigenvalue weighted by Gasteiger charge is 2.28. The SMILES string of the molecule is C=C(/C=C\C)S(=O)(=O)c1c(C)c(CC(=O)O)c2ccc(F)cn12. The molecular weight excluding hydrogens is 321 g/mol. The van der Waals surface area contributed by atoms with Crippen molar-refractivity contribution in [3.05, 3.63) is 58.9 Å². The van der Waals surface area contributed by atoms with Gasteiger partial charge in [-0.15, -0.1) is 0 Å². The quantitative estimate of drug-likeness (QED) is 0.851. The molecule has 0 aromatic carbocycles. The molecular formula is C16H16FNO4S. The maximum Gasteiger partial charge on any atom is 0.307 e. The van der Waals surface area contributed by atoms with Crippen LogP contribution in [0.4, 0.5) is 4.39 Å². The monoisotopic (exact) mass is 337 g/mol. The van der Waals surface area contributed by atoms with Gasteiger partial charge in [0.1, 0.15) is 10.8 Å². The Balaban J connectivity index is 2.88. The number of aromatic nitrogens is 1. The van der Waals surface area contributed by atoms with Gasteiger partial charge < -0.3 is 9.51 Å². The molecule has 0 bridgehead atoms. The van der Waals surface area contributed by atoms with Gasteiger partial charge in [-0.25, -0.2) is 12.8 Å². The highest BCUT2D eigenvalue weighted by atomic mass is 32.2. The molecule has 0 amide bonds. The predicted octanol–water partition coefficient (Wildman–Crippen LogP) is 2.88. The van der Waals surface area contributed by atoms with Gasteiger partial charge in [-0.2, -0.15) is 0 Å². The number of hydrogen-bond acceptors (Lipinski definition) is 3. The standard InChI is InChI=1S/C16H16FNO4S/c1-4-5-10(2)23(21,22)16-11(3)13(8-15(19)20)14-7-6-12(17)9-18(14)16/h4-7,9H,2,8H2,1,3H3,(H,19,20)/b5-4-. The van der Waals surface area contributed by atoms with Gasteiger partial charge in [-0.05, 0) is 43.2 Å². The van der Waals surface area contributed by atoms with Gasteiger partial charge in [0.25, 0.3) is 0 Å². The average molecular weight is 337 g/mol. The van der Waals surface area contributed by atoms with E-state index in [1.165, 1.54) is 29.5 Å². The lowest BCUT2D eigenvalue weighted by Crippen LogP contribution is -2.08. The van der Waals surface area contributed by atoms with E-state index >= 15 is 0 Å². The van der Waals surface area contributed by atoms with E-state index in [9.17, 15) is 17.6 Å². The molecule has 2 rings (SSSR count). The lowest BCUT2D eigenvalue weighted by atomic mass is 10.1. The van der Waals surface area contributed by atoms with Gasteiger partial charge in [0, 0.05) is 6.20 Å². The number of aliphatic carboxylic acids is 1. The van der Waals surface area contributed by atoms with Crippen LogP contribution in [0.15, 0.2) is 47.0 Å². The first kappa shape index (κ1) is 17.0. The lowest BCUT2D eigenvalue weighted by Gasteiger charge is -2.06. The van der Waals surface area contributed by atoms with E-state index in [0.29, 0.717) is 11.1 Å². The number of hydrogen-bond donors (Lipinski definition) is 1. The Bertz CT molecular complexity index is 939. The number of halogens is 1. The zero-order valence-corrected chi connectivity index (χ0v) is 13.5. The molecule has 2 aromatic rings. The number of nitrogens with zero attached hydrogens (tertiary/aromatic N) is 1. The number of carbonyl (C=O) groups is 1. The molecule has 1 N–H and O–H groups in total. The molecule has 122 valence electrons. The second kappa shape index (κ2) is 6.00. The Labute approximate surface area is 133 Å². The van der Waals surface area contributed by atoms with Crippen molar-refractivity contribution in [1.29, 1.82) is 0 Å². The van der Waals surface area contributed by atoms with Gasteiger partial charge in [0.05, 0.1) is 16.8 Å². The van der Waals surface area contributed by atoms with Gasteiger partial charge in [-0.1, -0.05) is 12.7 Å². The molecule has 5 nitrogen and oxygen atoms in total. The Hall–Kier alpha value is -2.41. The number of allylic oxidation sites excluding steroid dienone is 2. The van der Waals surface area contributed by atoms with Crippen LogP contribution >= 0.6 is 0 Å². The first-order chi connectivity index (χ1) is 10.7. The lowest BCUT2D eigenvalue weighted by molar-refractivity contribution is -0.136. The van der Waals surface area contributed by atoms with Crippen LogP contribution in [0.5, 0.6) is 0 Å². The van der Waals surface area contributed by atoms with Crippen molar-refractivity contribution in [1.82, 2.24) is 4.40 Å². The molecule has 0 aliphatic heterocycles. The molecule has 0 aliphatic carbocycles. The van der Waals surface area contributed by atoms with Gasteiger partial charge in [0.15, 0.2) is 0 Å². The molecule has 0 spiro atoms. The van der Waals surface area contributed by atoms with Crippen molar-refractivity contribution < 1.29 is 22.7 Å².